The largest absolute Gasteiger partial charge is 0.489 e. The Morgan fingerprint density at radius 1 is 0.871 bits per heavy atom. The molecule has 1 amide bonds. The van der Waals surface area contributed by atoms with E-state index in [1.807, 2.05) is 91.9 Å². The summed E-state index contributed by atoms with van der Waals surface area (Å²) in [5, 5.41) is 6.11. The van der Waals surface area contributed by atoms with Crippen molar-refractivity contribution in [3.05, 3.63) is 96.1 Å². The van der Waals surface area contributed by atoms with Crippen molar-refractivity contribution in [2.24, 2.45) is 0 Å². The number of hydrogen-bond acceptors (Lipinski definition) is 4. The molecule has 2 N–H and O–H groups in total. The van der Waals surface area contributed by atoms with Gasteiger partial charge in [0.1, 0.15) is 12.4 Å². The molecule has 0 radical (unpaired) electrons. The van der Waals surface area contributed by atoms with Crippen LogP contribution in [0.1, 0.15) is 24.0 Å². The Morgan fingerprint density at radius 3 is 2.06 bits per heavy atom. The van der Waals surface area contributed by atoms with Crippen molar-refractivity contribution in [2.75, 3.05) is 25.1 Å². The minimum Gasteiger partial charge on any atom is -0.489 e. The highest BCUT2D eigenvalue weighted by Crippen LogP contribution is 2.26. The molecule has 5 nitrogen and oxygen atoms in total. The minimum absolute atomic E-state index is 0.204. The van der Waals surface area contributed by atoms with Gasteiger partial charge in [0, 0.05) is 6.61 Å². The predicted molar refractivity (Wildman–Crippen MR) is 128 cm³/mol. The van der Waals surface area contributed by atoms with Crippen LogP contribution in [0.5, 0.6) is 5.75 Å². The van der Waals surface area contributed by atoms with Crippen molar-refractivity contribution in [3.63, 3.8) is 0 Å². The number of amides is 1. The molecule has 0 aliphatic rings. The van der Waals surface area contributed by atoms with Crippen LogP contribution in [-0.4, -0.2) is 30.8 Å². The first-order chi connectivity index (χ1) is 15.2. The van der Waals surface area contributed by atoms with E-state index in [-0.39, 0.29) is 11.0 Å². The summed E-state index contributed by atoms with van der Waals surface area (Å²) in [5.74, 6) is -0.0362. The first kappa shape index (κ1) is 22.5. The Balaban J connectivity index is 1.70. The topological polar surface area (TPSA) is 59.6 Å². The van der Waals surface area contributed by atoms with Crippen molar-refractivity contribution in [1.82, 2.24) is 5.32 Å². The zero-order chi connectivity index (χ0) is 21.9. The van der Waals surface area contributed by atoms with E-state index in [0.717, 1.165) is 11.1 Å². The lowest BCUT2D eigenvalue weighted by Crippen LogP contribution is -2.38. The van der Waals surface area contributed by atoms with Crippen molar-refractivity contribution in [1.29, 1.82) is 0 Å². The number of anilines is 1. The number of para-hydroxylation sites is 2. The molecule has 160 valence electrons. The fourth-order valence-corrected chi connectivity index (χ4v) is 3.39. The van der Waals surface area contributed by atoms with Crippen LogP contribution in [0.3, 0.4) is 0 Å². The maximum atomic E-state index is 13.2. The molecule has 0 bridgehead atoms. The fourth-order valence-electron chi connectivity index (χ4n) is 3.17. The van der Waals surface area contributed by atoms with Crippen LogP contribution < -0.4 is 15.4 Å². The van der Waals surface area contributed by atoms with E-state index >= 15 is 0 Å². The smallest absolute Gasteiger partial charge is 0.238 e. The highest BCUT2D eigenvalue weighted by molar-refractivity contribution is 7.80. The van der Waals surface area contributed by atoms with Gasteiger partial charge in [-0.3, -0.25) is 4.79 Å². The van der Waals surface area contributed by atoms with E-state index < -0.39 is 5.92 Å². The lowest BCUT2D eigenvalue weighted by Gasteiger charge is -2.19. The molecule has 0 saturated carbocycles. The van der Waals surface area contributed by atoms with Gasteiger partial charge < -0.3 is 20.1 Å². The second-order valence-corrected chi connectivity index (χ2v) is 7.15. The quantitative estimate of drug-likeness (QED) is 0.376. The van der Waals surface area contributed by atoms with Gasteiger partial charge in [0.2, 0.25) is 5.91 Å². The number of carbonyl (C=O) groups excluding carboxylic acids is 1. The molecule has 0 fully saturated rings. The van der Waals surface area contributed by atoms with Gasteiger partial charge in [0.25, 0.3) is 0 Å². The summed E-state index contributed by atoms with van der Waals surface area (Å²) in [6.45, 7) is 3.51. The van der Waals surface area contributed by atoms with Crippen LogP contribution in [0.4, 0.5) is 5.69 Å². The molecule has 0 aromatic heterocycles. The number of ether oxygens (including phenoxy) is 2. The van der Waals surface area contributed by atoms with Gasteiger partial charge in [0.05, 0.1) is 18.2 Å². The molecule has 0 spiro atoms. The highest BCUT2D eigenvalue weighted by atomic mass is 32.1. The maximum Gasteiger partial charge on any atom is 0.238 e. The molecule has 0 atom stereocenters. The Morgan fingerprint density at radius 2 is 1.45 bits per heavy atom. The van der Waals surface area contributed by atoms with Gasteiger partial charge in [-0.25, -0.2) is 0 Å². The normalized spacial score (nSPS) is 10.5. The minimum atomic E-state index is -0.472. The van der Waals surface area contributed by atoms with Crippen LogP contribution in [0.2, 0.25) is 0 Å². The Bertz CT molecular complexity index is 941. The van der Waals surface area contributed by atoms with E-state index in [1.165, 1.54) is 0 Å². The number of nitrogens with one attached hydrogen (secondary N) is 2. The van der Waals surface area contributed by atoms with Crippen LogP contribution >= 0.6 is 12.2 Å². The molecule has 0 unspecified atom stereocenters. The Hall–Kier alpha value is -3.22. The molecule has 31 heavy (non-hydrogen) atoms. The summed E-state index contributed by atoms with van der Waals surface area (Å²) in [7, 11) is 0. The van der Waals surface area contributed by atoms with Crippen LogP contribution in [0.15, 0.2) is 84.9 Å². The Kier molecular flexibility index (Phi) is 8.58. The van der Waals surface area contributed by atoms with Crippen molar-refractivity contribution in [2.45, 2.75) is 12.8 Å². The number of carbonyl (C=O) groups is 1. The number of hydrogen-bond donors (Lipinski definition) is 2. The molecule has 0 aliphatic heterocycles. The molecule has 0 saturated heterocycles. The van der Waals surface area contributed by atoms with Gasteiger partial charge in [-0.1, -0.05) is 72.8 Å². The van der Waals surface area contributed by atoms with Crippen molar-refractivity contribution >= 4 is 28.9 Å². The first-order valence-electron chi connectivity index (χ1n) is 10.2. The second-order valence-electron chi connectivity index (χ2n) is 6.74. The van der Waals surface area contributed by atoms with E-state index in [4.69, 9.17) is 21.7 Å². The summed E-state index contributed by atoms with van der Waals surface area (Å²) >= 11 is 5.42. The van der Waals surface area contributed by atoms with Crippen molar-refractivity contribution < 1.29 is 14.3 Å². The van der Waals surface area contributed by atoms with Gasteiger partial charge in [-0.15, -0.1) is 0 Å². The van der Waals surface area contributed by atoms with Gasteiger partial charge in [-0.2, -0.15) is 0 Å². The average molecular weight is 435 g/mol. The van der Waals surface area contributed by atoms with Gasteiger partial charge in [-0.05, 0) is 42.4 Å². The number of rotatable bonds is 9. The number of thiocarbonyl (C=S) groups is 1. The van der Waals surface area contributed by atoms with E-state index in [9.17, 15) is 4.79 Å². The standard InChI is InChI=1S/C25H26N2O3S/c1-2-29-17-18-30-22-16-10-9-15-21(22)26-25(31)27-24(28)23(19-11-5-3-6-12-19)20-13-7-4-8-14-20/h3-16,23H,2,17-18H2,1H3,(H2,26,27,28,31). The average Bonchev–Trinajstić information content (AvgIpc) is 2.79. The van der Waals surface area contributed by atoms with Crippen LogP contribution in [-0.2, 0) is 9.53 Å². The van der Waals surface area contributed by atoms with Crippen LogP contribution in [0, 0.1) is 0 Å². The summed E-state index contributed by atoms with van der Waals surface area (Å²) in [6.07, 6.45) is 0. The van der Waals surface area contributed by atoms with Crippen molar-refractivity contribution in [3.8, 4) is 5.75 Å². The molecular weight excluding hydrogens is 408 g/mol. The third-order valence-corrected chi connectivity index (χ3v) is 4.79. The first-order valence-corrected chi connectivity index (χ1v) is 10.6. The maximum absolute atomic E-state index is 13.2. The molecule has 3 rings (SSSR count). The zero-order valence-electron chi connectivity index (χ0n) is 17.4. The van der Waals surface area contributed by atoms with E-state index in [0.29, 0.717) is 31.3 Å². The Labute approximate surface area is 188 Å². The molecular formula is C25H26N2O3S. The van der Waals surface area contributed by atoms with E-state index in [1.54, 1.807) is 0 Å². The monoisotopic (exact) mass is 434 g/mol. The molecule has 0 heterocycles. The summed E-state index contributed by atoms with van der Waals surface area (Å²) < 4.78 is 11.1. The lowest BCUT2D eigenvalue weighted by molar-refractivity contribution is -0.120. The van der Waals surface area contributed by atoms with Gasteiger partial charge in [0.15, 0.2) is 5.11 Å². The van der Waals surface area contributed by atoms with E-state index in [2.05, 4.69) is 10.6 Å². The molecule has 3 aromatic rings. The predicted octanol–water partition coefficient (Wildman–Crippen LogP) is 4.75. The zero-order valence-corrected chi connectivity index (χ0v) is 18.2. The molecule has 6 heteroatoms. The molecule has 3 aromatic carbocycles. The summed E-state index contributed by atoms with van der Waals surface area (Å²) in [5.41, 5.74) is 2.47. The fraction of sp³-hybridized carbons (Fsp3) is 0.200. The third-order valence-electron chi connectivity index (χ3n) is 4.59. The number of benzene rings is 3. The summed E-state index contributed by atoms with van der Waals surface area (Å²) in [6, 6.07) is 26.7. The molecule has 0 aliphatic carbocycles. The highest BCUT2D eigenvalue weighted by Gasteiger charge is 2.23. The lowest BCUT2D eigenvalue weighted by atomic mass is 9.90. The van der Waals surface area contributed by atoms with Crippen LogP contribution in [0.25, 0.3) is 0 Å². The third kappa shape index (κ3) is 6.64. The second kappa shape index (κ2) is 11.8. The van der Waals surface area contributed by atoms with Gasteiger partial charge >= 0.3 is 0 Å². The SMILES string of the molecule is CCOCCOc1ccccc1NC(=S)NC(=O)C(c1ccccc1)c1ccccc1. The summed E-state index contributed by atoms with van der Waals surface area (Å²) in [4.78, 5) is 13.2.